The van der Waals surface area contributed by atoms with Crippen molar-refractivity contribution < 1.29 is 19.0 Å². The fourth-order valence-corrected chi connectivity index (χ4v) is 3.60. The van der Waals surface area contributed by atoms with Crippen LogP contribution in [0.15, 0.2) is 78.9 Å². The van der Waals surface area contributed by atoms with Crippen molar-refractivity contribution in [1.29, 1.82) is 0 Å². The molecule has 0 radical (unpaired) electrons. The van der Waals surface area contributed by atoms with E-state index in [1.807, 2.05) is 78.9 Å². The van der Waals surface area contributed by atoms with E-state index in [2.05, 4.69) is 0 Å². The van der Waals surface area contributed by atoms with Crippen molar-refractivity contribution >= 4 is 5.78 Å². The first kappa shape index (κ1) is 22.1. The second kappa shape index (κ2) is 10.0. The zero-order chi connectivity index (χ0) is 23.2. The molecule has 4 aromatic rings. The minimum atomic E-state index is -0.108. The summed E-state index contributed by atoms with van der Waals surface area (Å²) in [5.41, 5.74) is 3.94. The van der Waals surface area contributed by atoms with Crippen LogP contribution < -0.4 is 14.2 Å². The molecular weight excluding hydrogens is 416 g/mol. The third-order valence-corrected chi connectivity index (χ3v) is 5.32. The average Bonchev–Trinajstić information content (AvgIpc) is 3.22. The van der Waals surface area contributed by atoms with E-state index in [0.717, 1.165) is 28.2 Å². The molecule has 6 nitrogen and oxygen atoms in total. The van der Waals surface area contributed by atoms with Gasteiger partial charge in [-0.2, -0.15) is 5.10 Å². The van der Waals surface area contributed by atoms with Gasteiger partial charge in [-0.15, -0.1) is 0 Å². The predicted molar refractivity (Wildman–Crippen MR) is 127 cm³/mol. The summed E-state index contributed by atoms with van der Waals surface area (Å²) < 4.78 is 18.4. The van der Waals surface area contributed by atoms with E-state index in [0.29, 0.717) is 30.3 Å². The normalized spacial score (nSPS) is 10.6. The predicted octanol–water partition coefficient (Wildman–Crippen LogP) is 5.40. The fourth-order valence-electron chi connectivity index (χ4n) is 3.60. The largest absolute Gasteiger partial charge is 0.497 e. The molecule has 0 saturated heterocycles. The first-order chi connectivity index (χ1) is 16.1. The van der Waals surface area contributed by atoms with E-state index in [4.69, 9.17) is 19.3 Å². The van der Waals surface area contributed by atoms with E-state index in [1.165, 1.54) is 6.92 Å². The van der Waals surface area contributed by atoms with E-state index >= 15 is 0 Å². The van der Waals surface area contributed by atoms with E-state index in [9.17, 15) is 4.79 Å². The SMILES string of the molecule is COc1ccc(COc2c(-c3ccccc3)nn(Cc3ccc(OC)cc3)c2C(C)=O)cc1. The molecule has 0 aliphatic heterocycles. The molecule has 1 aromatic heterocycles. The van der Waals surface area contributed by atoms with Crippen molar-refractivity contribution in [3.05, 3.63) is 95.7 Å². The van der Waals surface area contributed by atoms with Crippen LogP contribution in [0.25, 0.3) is 11.3 Å². The van der Waals surface area contributed by atoms with Gasteiger partial charge in [0.05, 0.1) is 20.8 Å². The lowest BCUT2D eigenvalue weighted by atomic mass is 10.1. The Morgan fingerprint density at radius 3 is 1.94 bits per heavy atom. The minimum Gasteiger partial charge on any atom is -0.497 e. The number of carbonyl (C=O) groups excluding carboxylic acids is 1. The molecular formula is C27H26N2O4. The maximum atomic E-state index is 12.7. The van der Waals surface area contributed by atoms with Crippen LogP contribution >= 0.6 is 0 Å². The second-order valence-corrected chi connectivity index (χ2v) is 7.59. The van der Waals surface area contributed by atoms with Crippen LogP contribution in [0.1, 0.15) is 28.5 Å². The van der Waals surface area contributed by atoms with Gasteiger partial charge >= 0.3 is 0 Å². The number of benzene rings is 3. The molecule has 0 bridgehead atoms. The van der Waals surface area contributed by atoms with Gasteiger partial charge in [0.25, 0.3) is 0 Å². The summed E-state index contributed by atoms with van der Waals surface area (Å²) in [4.78, 5) is 12.7. The lowest BCUT2D eigenvalue weighted by molar-refractivity contribution is 0.0999. The van der Waals surface area contributed by atoms with Gasteiger partial charge in [0.2, 0.25) is 0 Å². The standard InChI is InChI=1S/C27H26N2O4/c1-19(30)26-27(33-18-21-11-15-24(32-3)16-12-21)25(22-7-5-4-6-8-22)28-29(26)17-20-9-13-23(31-2)14-10-20/h4-16H,17-18H2,1-3H3. The highest BCUT2D eigenvalue weighted by atomic mass is 16.5. The average molecular weight is 443 g/mol. The second-order valence-electron chi connectivity index (χ2n) is 7.59. The number of carbonyl (C=O) groups is 1. The Kier molecular flexibility index (Phi) is 6.74. The molecule has 0 saturated carbocycles. The molecule has 1 heterocycles. The third kappa shape index (κ3) is 5.06. The first-order valence-electron chi connectivity index (χ1n) is 10.6. The number of Topliss-reactive ketones (excluding diaryl/α,β-unsaturated/α-hetero) is 1. The highest BCUT2D eigenvalue weighted by Crippen LogP contribution is 2.34. The van der Waals surface area contributed by atoms with Crippen LogP contribution in [0.4, 0.5) is 0 Å². The molecule has 0 aliphatic rings. The topological polar surface area (TPSA) is 62.6 Å². The zero-order valence-electron chi connectivity index (χ0n) is 18.9. The van der Waals surface area contributed by atoms with E-state index < -0.39 is 0 Å². The van der Waals surface area contributed by atoms with Gasteiger partial charge in [-0.25, -0.2) is 0 Å². The molecule has 0 N–H and O–H groups in total. The Bertz CT molecular complexity index is 1210. The molecule has 33 heavy (non-hydrogen) atoms. The molecule has 3 aromatic carbocycles. The van der Waals surface area contributed by atoms with Crippen LogP contribution in [0.5, 0.6) is 17.2 Å². The smallest absolute Gasteiger partial charge is 0.181 e. The molecule has 0 amide bonds. The Morgan fingerprint density at radius 1 is 0.818 bits per heavy atom. The molecule has 0 fully saturated rings. The number of ketones is 1. The van der Waals surface area contributed by atoms with Gasteiger partial charge in [-0.3, -0.25) is 9.48 Å². The number of ether oxygens (including phenoxy) is 3. The van der Waals surface area contributed by atoms with Crippen LogP contribution in [-0.4, -0.2) is 29.8 Å². The summed E-state index contributed by atoms with van der Waals surface area (Å²) in [6.07, 6.45) is 0. The molecule has 0 aliphatic carbocycles. The maximum absolute atomic E-state index is 12.7. The molecule has 4 rings (SSSR count). The van der Waals surface area contributed by atoms with Crippen molar-refractivity contribution in [1.82, 2.24) is 9.78 Å². The Morgan fingerprint density at radius 2 is 1.39 bits per heavy atom. The fraction of sp³-hybridized carbons (Fsp3) is 0.185. The van der Waals surface area contributed by atoms with E-state index in [-0.39, 0.29) is 5.78 Å². The number of hydrogen-bond donors (Lipinski definition) is 0. The molecule has 0 spiro atoms. The molecule has 0 atom stereocenters. The Labute approximate surface area is 193 Å². The lowest BCUT2D eigenvalue weighted by Gasteiger charge is -2.10. The summed E-state index contributed by atoms with van der Waals surface area (Å²) in [7, 11) is 3.27. The Hall–Kier alpha value is -4.06. The number of aromatic nitrogens is 2. The summed E-state index contributed by atoms with van der Waals surface area (Å²) in [5.74, 6) is 1.93. The summed E-state index contributed by atoms with van der Waals surface area (Å²) in [5, 5.41) is 4.80. The van der Waals surface area contributed by atoms with Crippen molar-refractivity contribution in [2.45, 2.75) is 20.1 Å². The van der Waals surface area contributed by atoms with Crippen LogP contribution in [0.3, 0.4) is 0 Å². The summed E-state index contributed by atoms with van der Waals surface area (Å²) >= 11 is 0. The Balaban J connectivity index is 1.72. The van der Waals surface area contributed by atoms with Gasteiger partial charge in [-0.1, -0.05) is 54.6 Å². The van der Waals surface area contributed by atoms with Crippen molar-refractivity contribution in [2.24, 2.45) is 0 Å². The van der Waals surface area contributed by atoms with Crippen molar-refractivity contribution in [3.63, 3.8) is 0 Å². The maximum Gasteiger partial charge on any atom is 0.181 e. The minimum absolute atomic E-state index is 0.108. The quantitative estimate of drug-likeness (QED) is 0.325. The molecule has 168 valence electrons. The number of rotatable bonds is 9. The van der Waals surface area contributed by atoms with Gasteiger partial charge in [0, 0.05) is 12.5 Å². The third-order valence-electron chi connectivity index (χ3n) is 5.32. The van der Waals surface area contributed by atoms with Crippen LogP contribution in [0, 0.1) is 0 Å². The van der Waals surface area contributed by atoms with Crippen LogP contribution in [0.2, 0.25) is 0 Å². The molecule has 0 unspecified atom stereocenters. The van der Waals surface area contributed by atoms with Gasteiger partial charge in [0.15, 0.2) is 11.5 Å². The van der Waals surface area contributed by atoms with Gasteiger partial charge in [-0.05, 0) is 35.4 Å². The first-order valence-corrected chi connectivity index (χ1v) is 10.6. The van der Waals surface area contributed by atoms with E-state index in [1.54, 1.807) is 18.9 Å². The monoisotopic (exact) mass is 442 g/mol. The summed E-state index contributed by atoms with van der Waals surface area (Å²) in [6.45, 7) is 2.28. The molecule has 6 heteroatoms. The number of methoxy groups -OCH3 is 2. The van der Waals surface area contributed by atoms with Gasteiger partial charge < -0.3 is 14.2 Å². The highest BCUT2D eigenvalue weighted by Gasteiger charge is 2.24. The zero-order valence-corrected chi connectivity index (χ0v) is 18.9. The lowest BCUT2D eigenvalue weighted by Crippen LogP contribution is -2.10. The van der Waals surface area contributed by atoms with Crippen LogP contribution in [-0.2, 0) is 13.2 Å². The highest BCUT2D eigenvalue weighted by molar-refractivity contribution is 5.97. The van der Waals surface area contributed by atoms with Crippen molar-refractivity contribution in [3.8, 4) is 28.5 Å². The van der Waals surface area contributed by atoms with Crippen molar-refractivity contribution in [2.75, 3.05) is 14.2 Å². The number of hydrogen-bond acceptors (Lipinski definition) is 5. The number of nitrogens with zero attached hydrogens (tertiary/aromatic N) is 2. The van der Waals surface area contributed by atoms with Gasteiger partial charge in [0.1, 0.15) is 29.5 Å². The summed E-state index contributed by atoms with van der Waals surface area (Å²) in [6, 6.07) is 25.1.